The highest BCUT2D eigenvalue weighted by atomic mass is 19.1. The van der Waals surface area contributed by atoms with Crippen LogP contribution in [0.2, 0.25) is 0 Å². The van der Waals surface area contributed by atoms with E-state index in [4.69, 9.17) is 9.47 Å². The molecule has 0 aromatic heterocycles. The van der Waals surface area contributed by atoms with E-state index in [2.05, 4.69) is 10.2 Å². The van der Waals surface area contributed by atoms with Gasteiger partial charge in [-0.15, -0.1) is 0 Å². The first-order chi connectivity index (χ1) is 13.5. The van der Waals surface area contributed by atoms with Crippen LogP contribution in [0.3, 0.4) is 0 Å². The predicted molar refractivity (Wildman–Crippen MR) is 101 cm³/mol. The smallest absolute Gasteiger partial charge is 0.248 e. The Hall–Kier alpha value is -2.19. The van der Waals surface area contributed by atoms with E-state index in [-0.39, 0.29) is 36.4 Å². The van der Waals surface area contributed by atoms with Crippen LogP contribution in [-0.2, 0) is 14.3 Å². The van der Waals surface area contributed by atoms with Crippen molar-refractivity contribution in [1.29, 1.82) is 0 Å². The molecule has 8 heteroatoms. The topological polar surface area (TPSA) is 71.1 Å². The Labute approximate surface area is 164 Å². The molecule has 2 saturated heterocycles. The third-order valence-corrected chi connectivity index (χ3v) is 5.15. The van der Waals surface area contributed by atoms with Gasteiger partial charge in [-0.2, -0.15) is 0 Å². The number of carbonyl (C=O) groups excluding carboxylic acids is 2. The lowest BCUT2D eigenvalue weighted by molar-refractivity contribution is -0.155. The predicted octanol–water partition coefficient (Wildman–Crippen LogP) is 1.03. The quantitative estimate of drug-likeness (QED) is 0.749. The summed E-state index contributed by atoms with van der Waals surface area (Å²) in [4.78, 5) is 28.1. The minimum atomic E-state index is -0.309. The van der Waals surface area contributed by atoms with Gasteiger partial charge in [-0.25, -0.2) is 4.39 Å². The summed E-state index contributed by atoms with van der Waals surface area (Å²) in [6, 6.07) is 6.01. The summed E-state index contributed by atoms with van der Waals surface area (Å²) < 4.78 is 24.2. The van der Waals surface area contributed by atoms with Gasteiger partial charge in [0.15, 0.2) is 0 Å². The Morgan fingerprint density at radius 1 is 1.29 bits per heavy atom. The highest BCUT2D eigenvalue weighted by Crippen LogP contribution is 2.21. The summed E-state index contributed by atoms with van der Waals surface area (Å²) in [6.07, 6.45) is 1.48. The molecule has 7 nitrogen and oxygen atoms in total. The number of ether oxygens (including phenoxy) is 2. The van der Waals surface area contributed by atoms with E-state index in [1.807, 2.05) is 11.8 Å². The molecule has 0 bridgehead atoms. The molecule has 2 aliphatic heterocycles. The Morgan fingerprint density at radius 2 is 2.00 bits per heavy atom. The molecule has 1 N–H and O–H groups in total. The number of rotatable bonds is 7. The van der Waals surface area contributed by atoms with E-state index in [9.17, 15) is 14.0 Å². The number of benzene rings is 1. The van der Waals surface area contributed by atoms with Gasteiger partial charge in [-0.1, -0.05) is 0 Å². The van der Waals surface area contributed by atoms with Crippen molar-refractivity contribution < 1.29 is 23.5 Å². The SMILES string of the molecule is CCNC(=O)CN1CCC(N2CC(COc3ccc(F)cc3)OCC2=O)CC1. The third-order valence-electron chi connectivity index (χ3n) is 5.15. The summed E-state index contributed by atoms with van der Waals surface area (Å²) in [5.41, 5.74) is 0. The standard InChI is InChI=1S/C20H28FN3O4/c1-2-22-19(25)12-23-9-7-16(8-10-23)24-11-18(28-14-20(24)26)13-27-17-5-3-15(21)4-6-17/h3-6,16,18H,2,7-14H2,1H3,(H,22,25). The lowest BCUT2D eigenvalue weighted by Crippen LogP contribution is -2.55. The zero-order chi connectivity index (χ0) is 19.9. The average molecular weight is 393 g/mol. The number of likely N-dealkylation sites (N-methyl/N-ethyl adjacent to an activating group) is 1. The molecule has 0 radical (unpaired) electrons. The maximum atomic E-state index is 13.0. The van der Waals surface area contributed by atoms with Gasteiger partial charge in [0.25, 0.3) is 0 Å². The molecule has 1 atom stereocenters. The van der Waals surface area contributed by atoms with E-state index in [0.717, 1.165) is 25.9 Å². The summed E-state index contributed by atoms with van der Waals surface area (Å²) in [5.74, 6) is 0.310. The molecular formula is C20H28FN3O4. The van der Waals surface area contributed by atoms with Crippen LogP contribution >= 0.6 is 0 Å². The van der Waals surface area contributed by atoms with Crippen LogP contribution in [0.25, 0.3) is 0 Å². The van der Waals surface area contributed by atoms with Crippen molar-refractivity contribution in [3.8, 4) is 5.75 Å². The highest BCUT2D eigenvalue weighted by molar-refractivity contribution is 5.79. The summed E-state index contributed by atoms with van der Waals surface area (Å²) >= 11 is 0. The first-order valence-electron chi connectivity index (χ1n) is 9.83. The monoisotopic (exact) mass is 393 g/mol. The number of amides is 2. The minimum absolute atomic E-state index is 0.000193. The van der Waals surface area contributed by atoms with Crippen molar-refractivity contribution in [2.75, 3.05) is 45.9 Å². The van der Waals surface area contributed by atoms with Crippen LogP contribution in [0, 0.1) is 5.82 Å². The van der Waals surface area contributed by atoms with Gasteiger partial charge in [0, 0.05) is 25.7 Å². The number of halogens is 1. The second-order valence-corrected chi connectivity index (χ2v) is 7.20. The molecule has 0 aliphatic carbocycles. The summed E-state index contributed by atoms with van der Waals surface area (Å²) in [6.45, 7) is 5.39. The fraction of sp³-hybridized carbons (Fsp3) is 0.600. The van der Waals surface area contributed by atoms with Crippen LogP contribution in [0.1, 0.15) is 19.8 Å². The maximum absolute atomic E-state index is 13.0. The van der Waals surface area contributed by atoms with Gasteiger partial charge in [-0.05, 0) is 44.0 Å². The normalized spacial score (nSPS) is 21.6. The van der Waals surface area contributed by atoms with Gasteiger partial charge >= 0.3 is 0 Å². The number of nitrogens with zero attached hydrogens (tertiary/aromatic N) is 2. The minimum Gasteiger partial charge on any atom is -0.491 e. The number of piperidine rings is 1. The molecule has 2 fully saturated rings. The lowest BCUT2D eigenvalue weighted by Gasteiger charge is -2.42. The van der Waals surface area contributed by atoms with Crippen molar-refractivity contribution in [2.45, 2.75) is 31.9 Å². The number of nitrogens with one attached hydrogen (secondary N) is 1. The van der Waals surface area contributed by atoms with E-state index >= 15 is 0 Å². The van der Waals surface area contributed by atoms with Crippen molar-refractivity contribution >= 4 is 11.8 Å². The maximum Gasteiger partial charge on any atom is 0.248 e. The Morgan fingerprint density at radius 3 is 2.68 bits per heavy atom. The van der Waals surface area contributed by atoms with Gasteiger partial charge in [0.05, 0.1) is 13.1 Å². The molecule has 0 saturated carbocycles. The molecule has 1 unspecified atom stereocenters. The summed E-state index contributed by atoms with van der Waals surface area (Å²) in [7, 11) is 0. The third kappa shape index (κ3) is 5.65. The second-order valence-electron chi connectivity index (χ2n) is 7.20. The van der Waals surface area contributed by atoms with Crippen molar-refractivity contribution in [1.82, 2.24) is 15.1 Å². The molecule has 28 heavy (non-hydrogen) atoms. The zero-order valence-corrected chi connectivity index (χ0v) is 16.2. The number of hydrogen-bond acceptors (Lipinski definition) is 5. The molecule has 0 spiro atoms. The van der Waals surface area contributed by atoms with E-state index in [0.29, 0.717) is 32.0 Å². The largest absolute Gasteiger partial charge is 0.491 e. The molecule has 3 rings (SSSR count). The Balaban J connectivity index is 1.46. The van der Waals surface area contributed by atoms with E-state index in [1.165, 1.54) is 12.1 Å². The Bertz CT molecular complexity index is 662. The first kappa shape index (κ1) is 20.5. The average Bonchev–Trinajstić information content (AvgIpc) is 2.69. The molecule has 1 aromatic carbocycles. The highest BCUT2D eigenvalue weighted by Gasteiger charge is 2.34. The Kier molecular flexibility index (Phi) is 7.22. The van der Waals surface area contributed by atoms with Gasteiger partial charge in [0.2, 0.25) is 11.8 Å². The van der Waals surface area contributed by atoms with E-state index < -0.39 is 0 Å². The van der Waals surface area contributed by atoms with Gasteiger partial charge in [0.1, 0.15) is 30.9 Å². The van der Waals surface area contributed by atoms with Crippen molar-refractivity contribution in [3.63, 3.8) is 0 Å². The van der Waals surface area contributed by atoms with Crippen LogP contribution in [-0.4, -0.2) is 79.7 Å². The first-order valence-corrected chi connectivity index (χ1v) is 9.83. The van der Waals surface area contributed by atoms with Crippen LogP contribution in [0.5, 0.6) is 5.75 Å². The van der Waals surface area contributed by atoms with Crippen LogP contribution < -0.4 is 10.1 Å². The van der Waals surface area contributed by atoms with E-state index in [1.54, 1.807) is 12.1 Å². The number of carbonyl (C=O) groups is 2. The lowest BCUT2D eigenvalue weighted by atomic mass is 10.0. The van der Waals surface area contributed by atoms with Crippen molar-refractivity contribution in [3.05, 3.63) is 30.1 Å². The molecule has 2 heterocycles. The second kappa shape index (κ2) is 9.84. The van der Waals surface area contributed by atoms with Crippen molar-refractivity contribution in [2.24, 2.45) is 0 Å². The molecule has 2 aliphatic rings. The zero-order valence-electron chi connectivity index (χ0n) is 16.2. The number of hydrogen-bond donors (Lipinski definition) is 1. The van der Waals surface area contributed by atoms with Crippen LogP contribution in [0.15, 0.2) is 24.3 Å². The fourth-order valence-corrected chi connectivity index (χ4v) is 3.66. The van der Waals surface area contributed by atoms with Crippen LogP contribution in [0.4, 0.5) is 4.39 Å². The summed E-state index contributed by atoms with van der Waals surface area (Å²) in [5, 5.41) is 2.81. The van der Waals surface area contributed by atoms with Gasteiger partial charge < -0.3 is 19.7 Å². The number of morpholine rings is 1. The molecular weight excluding hydrogens is 365 g/mol. The molecule has 154 valence electrons. The number of likely N-dealkylation sites (tertiary alicyclic amines) is 1. The molecule has 2 amide bonds. The fourth-order valence-electron chi connectivity index (χ4n) is 3.66. The molecule has 1 aromatic rings. The van der Waals surface area contributed by atoms with Gasteiger partial charge in [-0.3, -0.25) is 14.5 Å².